The largest absolute Gasteiger partial charge is 0.494 e. The molecule has 0 aliphatic rings. The van der Waals surface area contributed by atoms with E-state index in [1.54, 1.807) is 24.3 Å². The number of hydrogen-bond acceptors (Lipinski definition) is 4. The monoisotopic (exact) mass is 388 g/mol. The maximum atomic E-state index is 11.8. The summed E-state index contributed by atoms with van der Waals surface area (Å²) in [4.78, 5) is 23.5. The van der Waals surface area contributed by atoms with Crippen LogP contribution >= 0.6 is 11.6 Å². The summed E-state index contributed by atoms with van der Waals surface area (Å²) in [5.74, 6) is 0.380. The van der Waals surface area contributed by atoms with Gasteiger partial charge in [0.15, 0.2) is 6.61 Å². The molecule has 7 heteroatoms. The Morgan fingerprint density at radius 2 is 1.81 bits per heavy atom. The van der Waals surface area contributed by atoms with Crippen molar-refractivity contribution in [3.63, 3.8) is 0 Å². The van der Waals surface area contributed by atoms with Gasteiger partial charge in [-0.25, -0.2) is 0 Å². The van der Waals surface area contributed by atoms with Gasteiger partial charge in [-0.15, -0.1) is 0 Å². The topological polar surface area (TPSA) is 76.7 Å². The number of hydrogen-bond donors (Lipinski definition) is 2. The maximum absolute atomic E-state index is 11.8. The van der Waals surface area contributed by atoms with Gasteiger partial charge in [-0.1, -0.05) is 23.7 Å². The lowest BCUT2D eigenvalue weighted by molar-refractivity contribution is -0.128. The first-order chi connectivity index (χ1) is 13.0. The summed E-state index contributed by atoms with van der Waals surface area (Å²) in [5, 5.41) is 0.593. The molecular weight excluding hydrogens is 368 g/mol. The second-order valence-electron chi connectivity index (χ2n) is 5.57. The highest BCUT2D eigenvalue weighted by Gasteiger charge is 2.06. The molecule has 2 aromatic carbocycles. The number of carbonyl (C=O) groups is 2. The fourth-order valence-corrected chi connectivity index (χ4v) is 2.37. The summed E-state index contributed by atoms with van der Waals surface area (Å²) < 4.78 is 10.7. The maximum Gasteiger partial charge on any atom is 0.276 e. The SMILES string of the molecule is CCOc1ccc(/C=C/C(=O)NNC(=O)COc2ccc(Cl)cc2C)cc1. The van der Waals surface area contributed by atoms with E-state index in [0.717, 1.165) is 16.9 Å². The summed E-state index contributed by atoms with van der Waals surface area (Å²) in [6, 6.07) is 12.4. The minimum absolute atomic E-state index is 0.231. The van der Waals surface area contributed by atoms with Gasteiger partial charge in [-0.05, 0) is 61.4 Å². The molecule has 2 N–H and O–H groups in total. The van der Waals surface area contributed by atoms with Gasteiger partial charge in [-0.2, -0.15) is 0 Å². The van der Waals surface area contributed by atoms with Crippen LogP contribution in [0.3, 0.4) is 0 Å². The average molecular weight is 389 g/mol. The summed E-state index contributed by atoms with van der Waals surface area (Å²) in [6.07, 6.45) is 2.95. The van der Waals surface area contributed by atoms with Gasteiger partial charge in [0.25, 0.3) is 11.8 Å². The third-order valence-corrected chi connectivity index (χ3v) is 3.67. The van der Waals surface area contributed by atoms with Crippen molar-refractivity contribution < 1.29 is 19.1 Å². The van der Waals surface area contributed by atoms with Crippen LogP contribution in [0.4, 0.5) is 0 Å². The van der Waals surface area contributed by atoms with Crippen molar-refractivity contribution in [3.05, 3.63) is 64.7 Å². The molecule has 0 aliphatic carbocycles. The van der Waals surface area contributed by atoms with Crippen LogP contribution < -0.4 is 20.3 Å². The Kier molecular flexibility index (Phi) is 7.70. The Morgan fingerprint density at radius 3 is 2.48 bits per heavy atom. The molecule has 0 saturated heterocycles. The number of benzene rings is 2. The number of carbonyl (C=O) groups excluding carboxylic acids is 2. The number of halogens is 1. The summed E-state index contributed by atoms with van der Waals surface area (Å²) >= 11 is 5.86. The highest BCUT2D eigenvalue weighted by atomic mass is 35.5. The highest BCUT2D eigenvalue weighted by molar-refractivity contribution is 6.30. The molecule has 6 nitrogen and oxygen atoms in total. The molecule has 2 amide bonds. The molecule has 0 atom stereocenters. The first kappa shape index (κ1) is 20.3. The summed E-state index contributed by atoms with van der Waals surface area (Å²) in [5.41, 5.74) is 6.23. The lowest BCUT2D eigenvalue weighted by atomic mass is 10.2. The minimum Gasteiger partial charge on any atom is -0.494 e. The van der Waals surface area contributed by atoms with Gasteiger partial charge in [-0.3, -0.25) is 20.4 Å². The van der Waals surface area contributed by atoms with Gasteiger partial charge in [0.05, 0.1) is 6.61 Å². The fourth-order valence-electron chi connectivity index (χ4n) is 2.14. The Labute approximate surface area is 163 Å². The fraction of sp³-hybridized carbons (Fsp3) is 0.200. The average Bonchev–Trinajstić information content (AvgIpc) is 2.65. The predicted molar refractivity (Wildman–Crippen MR) is 105 cm³/mol. The second kappa shape index (κ2) is 10.2. The van der Waals surface area contributed by atoms with Crippen LogP contribution in [0.25, 0.3) is 6.08 Å². The summed E-state index contributed by atoms with van der Waals surface area (Å²) in [7, 11) is 0. The van der Waals surface area contributed by atoms with E-state index in [1.165, 1.54) is 6.08 Å². The Morgan fingerprint density at radius 1 is 1.07 bits per heavy atom. The molecule has 2 rings (SSSR count). The normalized spacial score (nSPS) is 10.5. The Balaban J connectivity index is 1.74. The van der Waals surface area contributed by atoms with Gasteiger partial charge >= 0.3 is 0 Å². The third-order valence-electron chi connectivity index (χ3n) is 3.44. The zero-order chi connectivity index (χ0) is 19.6. The van der Waals surface area contributed by atoms with Crippen LogP contribution in [-0.4, -0.2) is 25.0 Å². The molecule has 0 heterocycles. The van der Waals surface area contributed by atoms with Crippen LogP contribution in [0.1, 0.15) is 18.1 Å². The van der Waals surface area contributed by atoms with Gasteiger partial charge in [0, 0.05) is 11.1 Å². The second-order valence-corrected chi connectivity index (χ2v) is 6.01. The van der Waals surface area contributed by atoms with E-state index in [1.807, 2.05) is 38.1 Å². The molecule has 2 aromatic rings. The zero-order valence-corrected chi connectivity index (χ0v) is 15.9. The number of ether oxygens (including phenoxy) is 2. The number of amides is 2. The molecular formula is C20H21ClN2O4. The molecule has 0 unspecified atom stereocenters. The van der Waals surface area contributed by atoms with Crippen LogP contribution in [0.2, 0.25) is 5.02 Å². The van der Waals surface area contributed by atoms with E-state index in [0.29, 0.717) is 17.4 Å². The van der Waals surface area contributed by atoms with Crippen molar-refractivity contribution >= 4 is 29.5 Å². The third kappa shape index (κ3) is 7.03. The molecule has 0 fully saturated rings. The van der Waals surface area contributed by atoms with E-state index < -0.39 is 11.8 Å². The summed E-state index contributed by atoms with van der Waals surface area (Å²) in [6.45, 7) is 4.10. The number of rotatable bonds is 7. The zero-order valence-electron chi connectivity index (χ0n) is 15.1. The van der Waals surface area contributed by atoms with E-state index in [2.05, 4.69) is 10.9 Å². The first-order valence-corrected chi connectivity index (χ1v) is 8.74. The van der Waals surface area contributed by atoms with Crippen molar-refractivity contribution in [2.75, 3.05) is 13.2 Å². The predicted octanol–water partition coefficient (Wildman–Crippen LogP) is 3.29. The van der Waals surface area contributed by atoms with Crippen LogP contribution in [0.5, 0.6) is 11.5 Å². The van der Waals surface area contributed by atoms with Crippen molar-refractivity contribution in [1.29, 1.82) is 0 Å². The Hall–Kier alpha value is -2.99. The van der Waals surface area contributed by atoms with E-state index in [-0.39, 0.29) is 6.61 Å². The lowest BCUT2D eigenvalue weighted by Crippen LogP contribution is -2.43. The smallest absolute Gasteiger partial charge is 0.276 e. The lowest BCUT2D eigenvalue weighted by Gasteiger charge is -2.09. The van der Waals surface area contributed by atoms with E-state index >= 15 is 0 Å². The van der Waals surface area contributed by atoms with Crippen molar-refractivity contribution in [2.45, 2.75) is 13.8 Å². The quantitative estimate of drug-likeness (QED) is 0.563. The van der Waals surface area contributed by atoms with Crippen molar-refractivity contribution in [1.82, 2.24) is 10.9 Å². The van der Waals surface area contributed by atoms with Crippen LogP contribution in [0, 0.1) is 6.92 Å². The van der Waals surface area contributed by atoms with Crippen LogP contribution in [-0.2, 0) is 9.59 Å². The van der Waals surface area contributed by atoms with E-state index in [4.69, 9.17) is 21.1 Å². The number of aryl methyl sites for hydroxylation is 1. The number of hydrazine groups is 1. The highest BCUT2D eigenvalue weighted by Crippen LogP contribution is 2.21. The van der Waals surface area contributed by atoms with E-state index in [9.17, 15) is 9.59 Å². The molecule has 0 aromatic heterocycles. The molecule has 142 valence electrons. The first-order valence-electron chi connectivity index (χ1n) is 8.36. The standard InChI is InChI=1S/C20H21ClN2O4/c1-3-26-17-8-4-15(5-9-17)6-11-19(24)22-23-20(25)13-27-18-10-7-16(21)12-14(18)2/h4-12H,3,13H2,1-2H3,(H,22,24)(H,23,25)/b11-6+. The van der Waals surface area contributed by atoms with Gasteiger partial charge in [0.1, 0.15) is 11.5 Å². The minimum atomic E-state index is -0.479. The van der Waals surface area contributed by atoms with Crippen molar-refractivity contribution in [3.8, 4) is 11.5 Å². The Bertz CT molecular complexity index is 819. The van der Waals surface area contributed by atoms with Gasteiger partial charge < -0.3 is 9.47 Å². The van der Waals surface area contributed by atoms with Crippen molar-refractivity contribution in [2.24, 2.45) is 0 Å². The molecule has 0 saturated carbocycles. The molecule has 0 aliphatic heterocycles. The van der Waals surface area contributed by atoms with Crippen LogP contribution in [0.15, 0.2) is 48.5 Å². The molecule has 27 heavy (non-hydrogen) atoms. The van der Waals surface area contributed by atoms with Gasteiger partial charge in [0.2, 0.25) is 0 Å². The molecule has 0 spiro atoms. The number of nitrogens with one attached hydrogen (secondary N) is 2. The molecule has 0 radical (unpaired) electrons. The molecule has 0 bridgehead atoms.